The summed E-state index contributed by atoms with van der Waals surface area (Å²) in [6, 6.07) is 8.04. The molecule has 0 amide bonds. The van der Waals surface area contributed by atoms with Gasteiger partial charge < -0.3 is 4.74 Å². The van der Waals surface area contributed by atoms with E-state index in [2.05, 4.69) is 16.9 Å². The zero-order valence-corrected chi connectivity index (χ0v) is 13.7. The van der Waals surface area contributed by atoms with Gasteiger partial charge in [0.2, 0.25) is 10.0 Å². The van der Waals surface area contributed by atoms with Crippen LogP contribution in [-0.2, 0) is 15.4 Å². The molecule has 4 nitrogen and oxygen atoms in total. The maximum atomic E-state index is 11.9. The van der Waals surface area contributed by atoms with Crippen LogP contribution in [0.3, 0.4) is 0 Å². The second-order valence-corrected chi connectivity index (χ2v) is 7.78. The SMILES string of the molecule is CCCS(=O)(=O)NCC1(c2ccc(OC)cc2)CCCC1. The number of hydrogen-bond donors (Lipinski definition) is 1. The summed E-state index contributed by atoms with van der Waals surface area (Å²) >= 11 is 0. The van der Waals surface area contributed by atoms with Crippen molar-refractivity contribution in [1.82, 2.24) is 4.72 Å². The van der Waals surface area contributed by atoms with Crippen molar-refractivity contribution in [1.29, 1.82) is 0 Å². The lowest BCUT2D eigenvalue weighted by atomic mass is 9.79. The smallest absolute Gasteiger partial charge is 0.211 e. The van der Waals surface area contributed by atoms with E-state index in [0.717, 1.165) is 31.4 Å². The molecule has 1 fully saturated rings. The largest absolute Gasteiger partial charge is 0.497 e. The highest BCUT2D eigenvalue weighted by Crippen LogP contribution is 2.41. The highest BCUT2D eigenvalue weighted by Gasteiger charge is 2.36. The van der Waals surface area contributed by atoms with E-state index in [9.17, 15) is 8.42 Å². The number of sulfonamides is 1. The summed E-state index contributed by atoms with van der Waals surface area (Å²) in [5.41, 5.74) is 1.15. The number of rotatable bonds is 7. The highest BCUT2D eigenvalue weighted by molar-refractivity contribution is 7.89. The average molecular weight is 311 g/mol. The Labute approximate surface area is 127 Å². The Balaban J connectivity index is 2.16. The van der Waals surface area contributed by atoms with Gasteiger partial charge in [0.15, 0.2) is 0 Å². The molecule has 21 heavy (non-hydrogen) atoms. The molecule has 118 valence electrons. The van der Waals surface area contributed by atoms with E-state index in [1.54, 1.807) is 7.11 Å². The fraction of sp³-hybridized carbons (Fsp3) is 0.625. The first kappa shape index (κ1) is 16.3. The summed E-state index contributed by atoms with van der Waals surface area (Å²) < 4.78 is 31.9. The Morgan fingerprint density at radius 1 is 1.19 bits per heavy atom. The van der Waals surface area contributed by atoms with Crippen molar-refractivity contribution in [3.8, 4) is 5.75 Å². The van der Waals surface area contributed by atoms with Gasteiger partial charge in [-0.25, -0.2) is 13.1 Å². The van der Waals surface area contributed by atoms with Crippen LogP contribution in [0, 0.1) is 0 Å². The fourth-order valence-electron chi connectivity index (χ4n) is 3.15. The quantitative estimate of drug-likeness (QED) is 0.842. The van der Waals surface area contributed by atoms with E-state index >= 15 is 0 Å². The van der Waals surface area contributed by atoms with Gasteiger partial charge in [0.05, 0.1) is 12.9 Å². The van der Waals surface area contributed by atoms with Gasteiger partial charge in [0.25, 0.3) is 0 Å². The monoisotopic (exact) mass is 311 g/mol. The van der Waals surface area contributed by atoms with Crippen molar-refractivity contribution in [2.45, 2.75) is 44.4 Å². The molecule has 0 saturated heterocycles. The molecule has 0 aliphatic heterocycles. The summed E-state index contributed by atoms with van der Waals surface area (Å²) in [6.45, 7) is 2.38. The molecule has 0 heterocycles. The third kappa shape index (κ3) is 3.98. The van der Waals surface area contributed by atoms with Crippen LogP contribution >= 0.6 is 0 Å². The molecular formula is C16H25NO3S. The van der Waals surface area contributed by atoms with Gasteiger partial charge in [-0.15, -0.1) is 0 Å². The lowest BCUT2D eigenvalue weighted by molar-refractivity contribution is 0.410. The minimum Gasteiger partial charge on any atom is -0.497 e. The van der Waals surface area contributed by atoms with Crippen molar-refractivity contribution in [2.24, 2.45) is 0 Å². The Morgan fingerprint density at radius 3 is 2.33 bits per heavy atom. The van der Waals surface area contributed by atoms with Crippen LogP contribution in [0.2, 0.25) is 0 Å². The van der Waals surface area contributed by atoms with Gasteiger partial charge in [-0.3, -0.25) is 0 Å². The second kappa shape index (κ2) is 6.79. The summed E-state index contributed by atoms with van der Waals surface area (Å²) in [5.74, 6) is 1.03. The second-order valence-electron chi connectivity index (χ2n) is 5.86. The van der Waals surface area contributed by atoms with E-state index in [1.165, 1.54) is 5.56 Å². The van der Waals surface area contributed by atoms with Crippen molar-refractivity contribution in [3.05, 3.63) is 29.8 Å². The van der Waals surface area contributed by atoms with Crippen LogP contribution in [-0.4, -0.2) is 27.8 Å². The van der Waals surface area contributed by atoms with E-state index < -0.39 is 10.0 Å². The molecule has 1 saturated carbocycles. The Morgan fingerprint density at radius 2 is 1.81 bits per heavy atom. The normalized spacial score (nSPS) is 17.8. The van der Waals surface area contributed by atoms with Crippen LogP contribution in [0.4, 0.5) is 0 Å². The van der Waals surface area contributed by atoms with E-state index in [0.29, 0.717) is 13.0 Å². The van der Waals surface area contributed by atoms with Crippen molar-refractivity contribution in [3.63, 3.8) is 0 Å². The first-order valence-corrected chi connectivity index (χ1v) is 9.28. The Bertz CT molecular complexity index is 545. The minimum absolute atomic E-state index is 0.0624. The first-order chi connectivity index (χ1) is 10.0. The molecule has 0 unspecified atom stereocenters. The highest BCUT2D eigenvalue weighted by atomic mass is 32.2. The lowest BCUT2D eigenvalue weighted by Crippen LogP contribution is -2.39. The molecule has 1 N–H and O–H groups in total. The molecule has 1 aliphatic carbocycles. The zero-order valence-electron chi connectivity index (χ0n) is 12.9. The lowest BCUT2D eigenvalue weighted by Gasteiger charge is -2.30. The van der Waals surface area contributed by atoms with E-state index in [1.807, 2.05) is 19.1 Å². The molecule has 1 aliphatic rings. The molecule has 0 radical (unpaired) electrons. The molecule has 1 aromatic rings. The summed E-state index contributed by atoms with van der Waals surface area (Å²) in [7, 11) is -1.50. The van der Waals surface area contributed by atoms with E-state index in [-0.39, 0.29) is 11.2 Å². The third-order valence-corrected chi connectivity index (χ3v) is 5.90. The number of benzene rings is 1. The van der Waals surface area contributed by atoms with Crippen molar-refractivity contribution < 1.29 is 13.2 Å². The molecule has 0 bridgehead atoms. The number of hydrogen-bond acceptors (Lipinski definition) is 3. The maximum Gasteiger partial charge on any atom is 0.211 e. The molecule has 0 atom stereocenters. The third-order valence-electron chi connectivity index (χ3n) is 4.37. The van der Waals surface area contributed by atoms with Crippen LogP contribution in [0.25, 0.3) is 0 Å². The molecule has 0 aromatic heterocycles. The molecule has 5 heteroatoms. The van der Waals surface area contributed by atoms with Gasteiger partial charge in [-0.05, 0) is 37.0 Å². The number of methoxy groups -OCH3 is 1. The van der Waals surface area contributed by atoms with Gasteiger partial charge in [-0.2, -0.15) is 0 Å². The van der Waals surface area contributed by atoms with Gasteiger partial charge in [0, 0.05) is 12.0 Å². The number of nitrogens with one attached hydrogen (secondary N) is 1. The van der Waals surface area contributed by atoms with E-state index in [4.69, 9.17) is 4.74 Å². The predicted octanol–water partition coefficient (Wildman–Crippen LogP) is 2.84. The minimum atomic E-state index is -3.15. The predicted molar refractivity (Wildman–Crippen MR) is 85.2 cm³/mol. The Kier molecular flexibility index (Phi) is 5.27. The molecule has 1 aromatic carbocycles. The van der Waals surface area contributed by atoms with Crippen molar-refractivity contribution >= 4 is 10.0 Å². The molecular weight excluding hydrogens is 286 g/mol. The standard InChI is InChI=1S/C16H25NO3S/c1-3-12-21(18,19)17-13-16(10-4-5-11-16)14-6-8-15(20-2)9-7-14/h6-9,17H,3-5,10-13H2,1-2H3. The molecule has 0 spiro atoms. The van der Waals surface area contributed by atoms with Gasteiger partial charge >= 0.3 is 0 Å². The number of ether oxygens (including phenoxy) is 1. The van der Waals surface area contributed by atoms with Gasteiger partial charge in [0.1, 0.15) is 5.75 Å². The van der Waals surface area contributed by atoms with Crippen molar-refractivity contribution in [2.75, 3.05) is 19.4 Å². The van der Waals surface area contributed by atoms with Gasteiger partial charge in [-0.1, -0.05) is 31.9 Å². The fourth-order valence-corrected chi connectivity index (χ4v) is 4.33. The average Bonchev–Trinajstić information content (AvgIpc) is 2.96. The van der Waals surface area contributed by atoms with Crippen LogP contribution in [0.5, 0.6) is 5.75 Å². The summed E-state index contributed by atoms with van der Waals surface area (Å²) in [6.07, 6.45) is 5.02. The van der Waals surface area contributed by atoms with Crippen LogP contribution in [0.15, 0.2) is 24.3 Å². The first-order valence-electron chi connectivity index (χ1n) is 7.63. The zero-order chi connectivity index (χ0) is 15.3. The summed E-state index contributed by atoms with van der Waals surface area (Å²) in [5, 5.41) is 0. The summed E-state index contributed by atoms with van der Waals surface area (Å²) in [4.78, 5) is 0. The Hall–Kier alpha value is -1.07. The van der Waals surface area contributed by atoms with Crippen LogP contribution < -0.4 is 9.46 Å². The molecule has 2 rings (SSSR count). The maximum absolute atomic E-state index is 11.9. The topological polar surface area (TPSA) is 55.4 Å². The van der Waals surface area contributed by atoms with Crippen LogP contribution in [0.1, 0.15) is 44.6 Å².